The Hall–Kier alpha value is -7.36. The number of hydrogen-bond donors (Lipinski definition) is 0. The Morgan fingerprint density at radius 1 is 0.408 bits per heavy atom. The molecule has 0 atom stereocenters. The quantitative estimate of drug-likeness (QED) is 0.153. The first-order valence-corrected chi connectivity index (χ1v) is 28.4. The van der Waals surface area contributed by atoms with Gasteiger partial charge in [-0.3, -0.25) is 0 Å². The predicted molar refractivity (Wildman–Crippen MR) is 322 cm³/mol. The van der Waals surface area contributed by atoms with Gasteiger partial charge in [-0.15, -0.1) is 0 Å². The first-order valence-electron chi connectivity index (χ1n) is 28.4. The molecule has 0 unspecified atom stereocenters. The maximum absolute atomic E-state index is 2.81. The van der Waals surface area contributed by atoms with Gasteiger partial charge in [0.15, 0.2) is 0 Å². The monoisotopic (exact) mass is 979 g/mol. The van der Waals surface area contributed by atoms with E-state index >= 15 is 0 Å². The largest absolute Gasteiger partial charge is 0.310 e. The molecule has 9 aromatic carbocycles. The molecule has 11 aromatic rings. The number of fused-ring (bicyclic) bond motifs is 15. The van der Waals surface area contributed by atoms with Crippen LogP contribution in [0.15, 0.2) is 152 Å². The fourth-order valence-corrected chi connectivity index (χ4v) is 17.1. The smallest absolute Gasteiger partial charge is 0.252 e. The van der Waals surface area contributed by atoms with Crippen molar-refractivity contribution in [3.63, 3.8) is 0 Å². The minimum Gasteiger partial charge on any atom is -0.310 e. The van der Waals surface area contributed by atoms with E-state index in [1.165, 1.54) is 186 Å². The molecule has 2 aromatic heterocycles. The fourth-order valence-electron chi connectivity index (χ4n) is 17.1. The van der Waals surface area contributed by atoms with E-state index in [1.807, 2.05) is 0 Å². The number of aromatic nitrogens is 2. The maximum Gasteiger partial charge on any atom is 0.252 e. The van der Waals surface area contributed by atoms with Crippen molar-refractivity contribution in [2.75, 3.05) is 0 Å². The number of benzene rings is 9. The highest BCUT2D eigenvalue weighted by Crippen LogP contribution is 2.62. The molecule has 368 valence electrons. The van der Waals surface area contributed by atoms with Crippen molar-refractivity contribution in [1.29, 1.82) is 0 Å². The van der Waals surface area contributed by atoms with Gasteiger partial charge in [0.2, 0.25) is 0 Å². The molecular weight excluding hydrogens is 916 g/mol. The lowest BCUT2D eigenvalue weighted by molar-refractivity contribution is 0.332. The molecule has 2 nitrogen and oxygen atoms in total. The Labute approximate surface area is 447 Å². The van der Waals surface area contributed by atoms with Crippen molar-refractivity contribution in [1.82, 2.24) is 9.13 Å². The van der Waals surface area contributed by atoms with E-state index < -0.39 is 5.41 Å². The van der Waals surface area contributed by atoms with Crippen LogP contribution in [0.2, 0.25) is 0 Å². The third-order valence-corrected chi connectivity index (χ3v) is 20.9. The highest BCUT2D eigenvalue weighted by atomic mass is 15.1. The van der Waals surface area contributed by atoms with Crippen molar-refractivity contribution >= 4 is 66.6 Å². The van der Waals surface area contributed by atoms with Gasteiger partial charge in [0.25, 0.3) is 6.71 Å². The van der Waals surface area contributed by atoms with E-state index in [0.717, 1.165) is 0 Å². The molecule has 0 saturated carbocycles. The SMILES string of the molecule is Cc1cc2c3c(c1)c1cc(C)cc4c1n3-c1c(ccc3c1B2c1cc2ccccc2c2c(-c5ccc6c(c5)C(C)(C)CCC6(C)C)c(-c5ccc6c(c5)C(C)(C)CCC6(C)C)n-3c12)C41c2ccccc2-c2ccccc21. The van der Waals surface area contributed by atoms with Crippen molar-refractivity contribution in [2.24, 2.45) is 0 Å². The zero-order chi connectivity index (χ0) is 51.5. The molecular formula is C73H63BN2. The third-order valence-electron chi connectivity index (χ3n) is 20.9. The topological polar surface area (TPSA) is 9.86 Å². The Bertz CT molecular complexity index is 4510. The lowest BCUT2D eigenvalue weighted by Crippen LogP contribution is -2.60. The lowest BCUT2D eigenvalue weighted by Gasteiger charge is -2.44. The second-order valence-corrected chi connectivity index (χ2v) is 27.0. The molecule has 1 spiro atoms. The molecule has 0 bridgehead atoms. The Balaban J connectivity index is 1.10. The van der Waals surface area contributed by atoms with Gasteiger partial charge in [0, 0.05) is 38.6 Å². The standard InChI is InChI=1S/C73H63BN2/c1-40-33-48-49-34-41(2)36-58-66(49)76-65(48)57(35-40)73(50-21-15-13-19-46(50)47-20-14-16-22-51(47)73)54-27-28-60-63(67(54)76)74(58)59-39-42-17-11-12-18-45(42)62-61(43-23-25-52-55(37-43)71(7,8)31-29-69(52,3)4)64(75(60)68(59)62)44-24-26-53-56(38-44)72(9,10)32-30-70(53,5)6/h11-28,33-39H,29-32H2,1-10H3. The number of nitrogens with zero attached hydrogens (tertiary/aromatic N) is 2. The van der Waals surface area contributed by atoms with Crippen LogP contribution >= 0.6 is 0 Å². The Morgan fingerprint density at radius 3 is 1.62 bits per heavy atom. The van der Waals surface area contributed by atoms with Crippen LogP contribution < -0.4 is 16.4 Å². The van der Waals surface area contributed by atoms with E-state index in [0.29, 0.717) is 0 Å². The summed E-state index contributed by atoms with van der Waals surface area (Å²) in [4.78, 5) is 0. The summed E-state index contributed by atoms with van der Waals surface area (Å²) in [6.45, 7) is 24.5. The van der Waals surface area contributed by atoms with Gasteiger partial charge in [-0.25, -0.2) is 0 Å². The summed E-state index contributed by atoms with van der Waals surface area (Å²) in [5.74, 6) is 0. The number of hydrogen-bond acceptors (Lipinski definition) is 0. The maximum atomic E-state index is 2.81. The van der Waals surface area contributed by atoms with Gasteiger partial charge < -0.3 is 9.13 Å². The Morgan fingerprint density at radius 2 is 0.947 bits per heavy atom. The van der Waals surface area contributed by atoms with Crippen molar-refractivity contribution < 1.29 is 0 Å². The molecule has 0 radical (unpaired) electrons. The van der Waals surface area contributed by atoms with E-state index in [4.69, 9.17) is 0 Å². The van der Waals surface area contributed by atoms with Gasteiger partial charge in [-0.1, -0.05) is 194 Å². The van der Waals surface area contributed by atoms with Crippen LogP contribution in [-0.2, 0) is 27.1 Å². The van der Waals surface area contributed by atoms with Crippen molar-refractivity contribution in [3.8, 4) is 44.9 Å². The third kappa shape index (κ3) is 5.04. The van der Waals surface area contributed by atoms with Crippen LogP contribution in [-0.4, -0.2) is 15.8 Å². The average molecular weight is 979 g/mol. The van der Waals surface area contributed by atoms with Crippen LogP contribution in [0, 0.1) is 13.8 Å². The summed E-state index contributed by atoms with van der Waals surface area (Å²) in [6.07, 6.45) is 4.72. The molecule has 3 aliphatic heterocycles. The van der Waals surface area contributed by atoms with Crippen LogP contribution in [0.4, 0.5) is 0 Å². The lowest BCUT2D eigenvalue weighted by atomic mass is 9.33. The van der Waals surface area contributed by atoms with Gasteiger partial charge in [0.05, 0.1) is 22.1 Å². The summed E-state index contributed by atoms with van der Waals surface area (Å²) in [7, 11) is 0. The van der Waals surface area contributed by atoms with E-state index in [9.17, 15) is 0 Å². The molecule has 5 heterocycles. The molecule has 3 heteroatoms. The fraction of sp³-hybridized carbons (Fsp3) is 0.260. The summed E-state index contributed by atoms with van der Waals surface area (Å²) in [5.41, 5.74) is 33.0. The molecule has 17 rings (SSSR count). The summed E-state index contributed by atoms with van der Waals surface area (Å²) < 4.78 is 5.58. The second-order valence-electron chi connectivity index (χ2n) is 27.0. The molecule has 3 aliphatic carbocycles. The zero-order valence-corrected chi connectivity index (χ0v) is 45.7. The van der Waals surface area contributed by atoms with Crippen LogP contribution in [0.3, 0.4) is 0 Å². The average Bonchev–Trinajstić information content (AvgIpc) is 2.88. The predicted octanol–water partition coefficient (Wildman–Crippen LogP) is 16.3. The molecule has 0 N–H and O–H groups in total. The van der Waals surface area contributed by atoms with Gasteiger partial charge in [-0.2, -0.15) is 0 Å². The number of rotatable bonds is 2. The highest BCUT2D eigenvalue weighted by molar-refractivity contribution is 7.00. The second kappa shape index (κ2) is 13.8. The van der Waals surface area contributed by atoms with Crippen molar-refractivity contribution in [2.45, 2.75) is 122 Å². The molecule has 0 amide bonds. The molecule has 76 heavy (non-hydrogen) atoms. The van der Waals surface area contributed by atoms with Crippen molar-refractivity contribution in [3.05, 3.63) is 207 Å². The van der Waals surface area contributed by atoms with E-state index in [2.05, 4.69) is 230 Å². The number of aryl methyl sites for hydroxylation is 2. The van der Waals surface area contributed by atoms with Gasteiger partial charge in [-0.05, 0) is 179 Å². The van der Waals surface area contributed by atoms with Crippen LogP contribution in [0.25, 0.3) is 88.4 Å². The molecule has 6 aliphatic rings. The van der Waals surface area contributed by atoms with E-state index in [1.54, 1.807) is 0 Å². The minimum atomic E-state index is -0.520. The Kier molecular flexibility index (Phi) is 7.95. The normalized spacial score (nSPS) is 18.4. The molecule has 0 saturated heterocycles. The first-order chi connectivity index (χ1) is 36.5. The minimum absolute atomic E-state index is 0.00233. The van der Waals surface area contributed by atoms with E-state index in [-0.39, 0.29) is 28.4 Å². The summed E-state index contributed by atoms with van der Waals surface area (Å²) >= 11 is 0. The van der Waals surface area contributed by atoms with Crippen LogP contribution in [0.1, 0.15) is 137 Å². The summed E-state index contributed by atoms with van der Waals surface area (Å²) in [6, 6.07) is 61.4. The highest BCUT2D eigenvalue weighted by Gasteiger charge is 2.55. The van der Waals surface area contributed by atoms with Crippen LogP contribution in [0.5, 0.6) is 0 Å². The molecule has 0 fully saturated rings. The first kappa shape index (κ1) is 43.8. The summed E-state index contributed by atoms with van der Waals surface area (Å²) in [5, 5.41) is 6.74. The van der Waals surface area contributed by atoms with Gasteiger partial charge >= 0.3 is 0 Å². The van der Waals surface area contributed by atoms with Gasteiger partial charge in [0.1, 0.15) is 0 Å². The zero-order valence-electron chi connectivity index (χ0n) is 45.7.